The van der Waals surface area contributed by atoms with E-state index in [0.29, 0.717) is 12.5 Å². The first kappa shape index (κ1) is 19.9. The van der Waals surface area contributed by atoms with E-state index in [-0.39, 0.29) is 11.0 Å². The molecule has 4 nitrogen and oxygen atoms in total. The number of hydrogen-bond donors (Lipinski definition) is 0. The van der Waals surface area contributed by atoms with Crippen molar-refractivity contribution in [2.45, 2.75) is 49.5 Å². The van der Waals surface area contributed by atoms with E-state index in [0.717, 1.165) is 42.2 Å². The summed E-state index contributed by atoms with van der Waals surface area (Å²) in [6.07, 6.45) is 3.07. The summed E-state index contributed by atoms with van der Waals surface area (Å²) in [6.45, 7) is 2.63. The van der Waals surface area contributed by atoms with Crippen molar-refractivity contribution in [1.82, 2.24) is 0 Å². The van der Waals surface area contributed by atoms with E-state index in [9.17, 15) is 8.42 Å². The van der Waals surface area contributed by atoms with E-state index in [1.807, 2.05) is 49.4 Å². The van der Waals surface area contributed by atoms with Crippen LogP contribution in [0.4, 0.5) is 0 Å². The van der Waals surface area contributed by atoms with Gasteiger partial charge in [-0.3, -0.25) is 4.18 Å². The van der Waals surface area contributed by atoms with Crippen LogP contribution in [0.1, 0.15) is 44.1 Å². The molecular weight excluding hydrogens is 384 g/mol. The third-order valence-electron chi connectivity index (χ3n) is 5.61. The SMILES string of the molecule is CCOc1ccc(C2CCC(OS(=O)(=O)c3ccc4ccccc4c3)CC2)cc1. The molecule has 0 aliphatic heterocycles. The molecule has 3 aromatic carbocycles. The molecule has 0 radical (unpaired) electrons. The van der Waals surface area contributed by atoms with Crippen LogP contribution in [0.25, 0.3) is 10.8 Å². The lowest BCUT2D eigenvalue weighted by Gasteiger charge is -2.28. The van der Waals surface area contributed by atoms with Gasteiger partial charge in [-0.05, 0) is 79.1 Å². The zero-order valence-corrected chi connectivity index (χ0v) is 17.4. The maximum absolute atomic E-state index is 12.8. The van der Waals surface area contributed by atoms with Gasteiger partial charge in [-0.15, -0.1) is 0 Å². The number of fused-ring (bicyclic) bond motifs is 1. The molecule has 1 fully saturated rings. The molecule has 0 aromatic heterocycles. The molecule has 0 amide bonds. The first-order valence-electron chi connectivity index (χ1n) is 10.2. The Hall–Kier alpha value is -2.37. The lowest BCUT2D eigenvalue weighted by molar-refractivity contribution is 0.153. The Bertz CT molecular complexity index is 1070. The van der Waals surface area contributed by atoms with E-state index in [2.05, 4.69) is 12.1 Å². The third-order valence-corrected chi connectivity index (χ3v) is 6.97. The van der Waals surface area contributed by atoms with Gasteiger partial charge in [0, 0.05) is 0 Å². The van der Waals surface area contributed by atoms with Crippen LogP contribution in [0.15, 0.2) is 71.6 Å². The highest BCUT2D eigenvalue weighted by Gasteiger charge is 2.28. The number of hydrogen-bond acceptors (Lipinski definition) is 4. The number of rotatable bonds is 6. The van der Waals surface area contributed by atoms with Gasteiger partial charge in [0.05, 0.1) is 17.6 Å². The summed E-state index contributed by atoms with van der Waals surface area (Å²) in [5.41, 5.74) is 1.28. The Labute approximate surface area is 172 Å². The Morgan fingerprint density at radius 1 is 0.862 bits per heavy atom. The monoisotopic (exact) mass is 410 g/mol. The zero-order chi connectivity index (χ0) is 20.3. The summed E-state index contributed by atoms with van der Waals surface area (Å²) in [5.74, 6) is 1.32. The predicted octanol–water partition coefficient (Wildman–Crippen LogP) is 5.67. The molecule has 3 aromatic rings. The molecular formula is C24H26O4S. The van der Waals surface area contributed by atoms with Crippen molar-refractivity contribution in [3.05, 3.63) is 72.3 Å². The summed E-state index contributed by atoms with van der Waals surface area (Å²) in [5, 5.41) is 1.92. The smallest absolute Gasteiger partial charge is 0.297 e. The standard InChI is InChI=1S/C24H26O4S/c1-2-27-22-12-7-19(8-13-22)20-9-14-23(15-10-20)28-29(25,26)24-16-11-18-5-3-4-6-21(18)17-24/h3-8,11-13,16-17,20,23H,2,9-10,14-15H2,1H3. The van der Waals surface area contributed by atoms with Crippen molar-refractivity contribution in [3.63, 3.8) is 0 Å². The van der Waals surface area contributed by atoms with Crippen LogP contribution in [-0.2, 0) is 14.3 Å². The largest absolute Gasteiger partial charge is 0.494 e. The van der Waals surface area contributed by atoms with Crippen LogP contribution in [0, 0.1) is 0 Å². The van der Waals surface area contributed by atoms with Gasteiger partial charge >= 0.3 is 0 Å². The zero-order valence-electron chi connectivity index (χ0n) is 16.6. The van der Waals surface area contributed by atoms with Crippen molar-refractivity contribution >= 4 is 20.9 Å². The summed E-state index contributed by atoms with van der Waals surface area (Å²) in [4.78, 5) is 0.227. The Morgan fingerprint density at radius 3 is 2.24 bits per heavy atom. The van der Waals surface area contributed by atoms with Gasteiger partial charge in [0.2, 0.25) is 0 Å². The number of ether oxygens (including phenoxy) is 1. The summed E-state index contributed by atoms with van der Waals surface area (Å²) < 4.78 is 36.6. The second-order valence-electron chi connectivity index (χ2n) is 7.53. The molecule has 0 saturated heterocycles. The van der Waals surface area contributed by atoms with Crippen molar-refractivity contribution in [1.29, 1.82) is 0 Å². The van der Waals surface area contributed by atoms with Crippen LogP contribution in [0.3, 0.4) is 0 Å². The fourth-order valence-corrected chi connectivity index (χ4v) is 5.22. The van der Waals surface area contributed by atoms with Crippen molar-refractivity contribution < 1.29 is 17.3 Å². The minimum atomic E-state index is -3.76. The quantitative estimate of drug-likeness (QED) is 0.491. The van der Waals surface area contributed by atoms with Crippen LogP contribution in [0.5, 0.6) is 5.75 Å². The van der Waals surface area contributed by atoms with Gasteiger partial charge in [0.25, 0.3) is 10.1 Å². The summed E-state index contributed by atoms with van der Waals surface area (Å²) in [6, 6.07) is 21.1. The van der Waals surface area contributed by atoms with Crippen LogP contribution >= 0.6 is 0 Å². The molecule has 0 atom stereocenters. The molecule has 0 spiro atoms. The van der Waals surface area contributed by atoms with Gasteiger partial charge in [0.1, 0.15) is 5.75 Å². The second kappa shape index (κ2) is 8.56. The Balaban J connectivity index is 1.39. The lowest BCUT2D eigenvalue weighted by Crippen LogP contribution is -2.24. The molecule has 5 heteroatoms. The molecule has 0 bridgehead atoms. The third kappa shape index (κ3) is 4.62. The van der Waals surface area contributed by atoms with Crippen molar-refractivity contribution in [3.8, 4) is 5.75 Å². The van der Waals surface area contributed by atoms with Crippen LogP contribution in [0.2, 0.25) is 0 Å². The molecule has 1 aliphatic rings. The summed E-state index contributed by atoms with van der Waals surface area (Å²) >= 11 is 0. The normalized spacial score (nSPS) is 19.9. The fraction of sp³-hybridized carbons (Fsp3) is 0.333. The van der Waals surface area contributed by atoms with Gasteiger partial charge in [-0.1, -0.05) is 42.5 Å². The van der Waals surface area contributed by atoms with E-state index < -0.39 is 10.1 Å². The first-order chi connectivity index (χ1) is 14.0. The van der Waals surface area contributed by atoms with Gasteiger partial charge in [-0.25, -0.2) is 0 Å². The highest BCUT2D eigenvalue weighted by atomic mass is 32.2. The predicted molar refractivity (Wildman–Crippen MR) is 115 cm³/mol. The first-order valence-corrected chi connectivity index (χ1v) is 11.6. The van der Waals surface area contributed by atoms with Gasteiger partial charge in [0.15, 0.2) is 0 Å². The van der Waals surface area contributed by atoms with Crippen molar-refractivity contribution in [2.24, 2.45) is 0 Å². The minimum absolute atomic E-state index is 0.227. The second-order valence-corrected chi connectivity index (χ2v) is 9.11. The molecule has 1 aliphatic carbocycles. The average Bonchev–Trinajstić information content (AvgIpc) is 2.74. The molecule has 0 unspecified atom stereocenters. The van der Waals surface area contributed by atoms with E-state index in [4.69, 9.17) is 8.92 Å². The van der Waals surface area contributed by atoms with Gasteiger partial charge < -0.3 is 4.74 Å². The van der Waals surface area contributed by atoms with E-state index in [1.165, 1.54) is 5.56 Å². The van der Waals surface area contributed by atoms with E-state index >= 15 is 0 Å². The lowest BCUT2D eigenvalue weighted by atomic mass is 9.83. The maximum Gasteiger partial charge on any atom is 0.297 e. The molecule has 4 rings (SSSR count). The molecule has 29 heavy (non-hydrogen) atoms. The Morgan fingerprint density at radius 2 is 1.55 bits per heavy atom. The number of benzene rings is 3. The van der Waals surface area contributed by atoms with Crippen LogP contribution < -0.4 is 4.74 Å². The van der Waals surface area contributed by atoms with Gasteiger partial charge in [-0.2, -0.15) is 8.42 Å². The highest BCUT2D eigenvalue weighted by Crippen LogP contribution is 2.36. The maximum atomic E-state index is 12.8. The molecule has 1 saturated carbocycles. The topological polar surface area (TPSA) is 52.6 Å². The minimum Gasteiger partial charge on any atom is -0.494 e. The molecule has 0 heterocycles. The Kier molecular flexibility index (Phi) is 5.88. The highest BCUT2D eigenvalue weighted by molar-refractivity contribution is 7.86. The van der Waals surface area contributed by atoms with Crippen molar-refractivity contribution in [2.75, 3.05) is 6.61 Å². The summed E-state index contributed by atoms with van der Waals surface area (Å²) in [7, 11) is -3.76. The van der Waals surface area contributed by atoms with E-state index in [1.54, 1.807) is 12.1 Å². The molecule has 0 N–H and O–H groups in total. The average molecular weight is 411 g/mol. The molecule has 152 valence electrons. The fourth-order valence-electron chi connectivity index (χ4n) is 4.05. The van der Waals surface area contributed by atoms with Crippen LogP contribution in [-0.4, -0.2) is 21.1 Å².